The second-order valence-corrected chi connectivity index (χ2v) is 6.16. The van der Waals surface area contributed by atoms with Crippen molar-refractivity contribution < 1.29 is 4.74 Å². The molecule has 0 radical (unpaired) electrons. The minimum atomic E-state index is 0.265. The van der Waals surface area contributed by atoms with Gasteiger partial charge < -0.3 is 4.74 Å². The van der Waals surface area contributed by atoms with Gasteiger partial charge in [0.2, 0.25) is 0 Å². The third-order valence-corrected chi connectivity index (χ3v) is 4.34. The molecule has 1 aliphatic heterocycles. The van der Waals surface area contributed by atoms with E-state index in [2.05, 4.69) is 39.0 Å². The first-order chi connectivity index (χ1) is 7.63. The molecule has 1 aromatic rings. The fraction of sp³-hybridized carbons (Fsp3) is 0.571. The van der Waals surface area contributed by atoms with E-state index in [1.54, 1.807) is 0 Å². The van der Waals surface area contributed by atoms with Gasteiger partial charge >= 0.3 is 0 Å². The van der Waals surface area contributed by atoms with Crippen LogP contribution in [0.2, 0.25) is 0 Å². The molecule has 88 valence electrons. The molecule has 0 atom stereocenters. The topological polar surface area (TPSA) is 9.23 Å². The Kier molecular flexibility index (Phi) is 3.48. The summed E-state index contributed by atoms with van der Waals surface area (Å²) >= 11 is 1.91. The van der Waals surface area contributed by atoms with Crippen molar-refractivity contribution in [3.8, 4) is 5.75 Å². The van der Waals surface area contributed by atoms with Gasteiger partial charge in [-0.1, -0.05) is 26.8 Å². The van der Waals surface area contributed by atoms with Crippen molar-refractivity contribution in [1.82, 2.24) is 0 Å². The Bertz CT molecular complexity index is 371. The van der Waals surface area contributed by atoms with E-state index in [9.17, 15) is 0 Å². The molecule has 0 N–H and O–H groups in total. The van der Waals surface area contributed by atoms with Crippen LogP contribution in [0.25, 0.3) is 0 Å². The molecule has 2 rings (SSSR count). The van der Waals surface area contributed by atoms with Crippen molar-refractivity contribution in [1.29, 1.82) is 0 Å². The molecule has 0 fully saturated rings. The molecule has 0 saturated heterocycles. The van der Waals surface area contributed by atoms with Gasteiger partial charge in [-0.2, -0.15) is 0 Å². The summed E-state index contributed by atoms with van der Waals surface area (Å²) in [4.78, 5) is 1.33. The van der Waals surface area contributed by atoms with Crippen molar-refractivity contribution in [2.45, 2.75) is 43.9 Å². The van der Waals surface area contributed by atoms with Crippen LogP contribution < -0.4 is 4.74 Å². The van der Waals surface area contributed by atoms with Crippen molar-refractivity contribution in [2.75, 3.05) is 12.4 Å². The minimum Gasteiger partial charge on any atom is -0.493 e. The summed E-state index contributed by atoms with van der Waals surface area (Å²) < 4.78 is 5.77. The van der Waals surface area contributed by atoms with Gasteiger partial charge in [-0.3, -0.25) is 0 Å². The molecule has 0 aromatic heterocycles. The van der Waals surface area contributed by atoms with E-state index in [0.717, 1.165) is 18.8 Å². The third kappa shape index (κ3) is 2.37. The highest BCUT2D eigenvalue weighted by molar-refractivity contribution is 7.99. The van der Waals surface area contributed by atoms with Gasteiger partial charge in [0.1, 0.15) is 5.75 Å². The summed E-state index contributed by atoms with van der Waals surface area (Å²) in [6, 6.07) is 6.68. The average molecular weight is 236 g/mol. The lowest BCUT2D eigenvalue weighted by molar-refractivity contribution is 0.233. The van der Waals surface area contributed by atoms with Crippen molar-refractivity contribution in [3.05, 3.63) is 23.8 Å². The maximum atomic E-state index is 5.77. The zero-order chi connectivity index (χ0) is 11.6. The van der Waals surface area contributed by atoms with Gasteiger partial charge in [0, 0.05) is 4.90 Å². The highest BCUT2D eigenvalue weighted by Crippen LogP contribution is 2.40. The normalized spacial score (nSPS) is 17.7. The smallest absolute Gasteiger partial charge is 0.124 e. The Morgan fingerprint density at radius 2 is 2.19 bits per heavy atom. The van der Waals surface area contributed by atoms with Crippen LogP contribution in [0.5, 0.6) is 5.75 Å². The maximum Gasteiger partial charge on any atom is 0.124 e. The molecule has 2 heteroatoms. The summed E-state index contributed by atoms with van der Waals surface area (Å²) in [6.45, 7) is 7.66. The predicted octanol–water partition coefficient (Wildman–Crippen LogP) is 4.25. The summed E-state index contributed by atoms with van der Waals surface area (Å²) in [7, 11) is 0. The van der Waals surface area contributed by atoms with E-state index in [4.69, 9.17) is 4.74 Å². The van der Waals surface area contributed by atoms with Gasteiger partial charge in [-0.25, -0.2) is 0 Å². The van der Waals surface area contributed by atoms with Gasteiger partial charge in [0.25, 0.3) is 0 Å². The molecule has 1 nitrogen and oxygen atoms in total. The summed E-state index contributed by atoms with van der Waals surface area (Å²) in [6.07, 6.45) is 2.33. The Morgan fingerprint density at radius 3 is 2.94 bits per heavy atom. The lowest BCUT2D eigenvalue weighted by atomic mass is 9.80. The molecule has 0 saturated carbocycles. The second kappa shape index (κ2) is 4.70. The largest absolute Gasteiger partial charge is 0.493 e. The fourth-order valence-corrected chi connectivity index (χ4v) is 2.84. The van der Waals surface area contributed by atoms with Crippen LogP contribution >= 0.6 is 11.8 Å². The highest BCUT2D eigenvalue weighted by atomic mass is 32.2. The Hall–Kier alpha value is -0.630. The van der Waals surface area contributed by atoms with E-state index < -0.39 is 0 Å². The summed E-state index contributed by atoms with van der Waals surface area (Å²) in [5.74, 6) is 2.28. The molecule has 16 heavy (non-hydrogen) atoms. The number of benzene rings is 1. The molecule has 0 unspecified atom stereocenters. The van der Waals surface area contributed by atoms with Gasteiger partial charge in [0.15, 0.2) is 0 Å². The molecule has 0 amide bonds. The zero-order valence-electron chi connectivity index (χ0n) is 10.4. The molecule has 1 heterocycles. The molecule has 0 spiro atoms. The lowest BCUT2D eigenvalue weighted by Gasteiger charge is -2.32. The van der Waals surface area contributed by atoms with Crippen molar-refractivity contribution in [3.63, 3.8) is 0 Å². The molecular formula is C14H20OS. The van der Waals surface area contributed by atoms with Crippen LogP contribution in [0.15, 0.2) is 23.1 Å². The van der Waals surface area contributed by atoms with Crippen molar-refractivity contribution >= 4 is 11.8 Å². The van der Waals surface area contributed by atoms with E-state index >= 15 is 0 Å². The molecule has 0 aliphatic carbocycles. The standard InChI is InChI=1S/C14H20OS/c1-4-9-16-11-5-6-12-13(10-11)15-8-7-14(12,2)3/h5-6,10H,4,7-9H2,1-3H3. The monoisotopic (exact) mass is 236 g/mol. The Morgan fingerprint density at radius 1 is 1.38 bits per heavy atom. The molecule has 1 aromatic carbocycles. The van der Waals surface area contributed by atoms with Crippen LogP contribution in [0, 0.1) is 0 Å². The quantitative estimate of drug-likeness (QED) is 0.726. The number of rotatable bonds is 3. The first-order valence-corrected chi connectivity index (χ1v) is 7.02. The maximum absolute atomic E-state index is 5.77. The highest BCUT2D eigenvalue weighted by Gasteiger charge is 2.28. The first kappa shape index (κ1) is 11.8. The molecule has 0 bridgehead atoms. The minimum absolute atomic E-state index is 0.265. The summed E-state index contributed by atoms with van der Waals surface area (Å²) in [5.41, 5.74) is 1.63. The van der Waals surface area contributed by atoms with E-state index in [-0.39, 0.29) is 5.41 Å². The SMILES string of the molecule is CCCSc1ccc2c(c1)OCCC2(C)C. The molecular weight excluding hydrogens is 216 g/mol. The lowest BCUT2D eigenvalue weighted by Crippen LogP contribution is -2.26. The first-order valence-electron chi connectivity index (χ1n) is 6.03. The number of hydrogen-bond donors (Lipinski definition) is 0. The zero-order valence-corrected chi connectivity index (χ0v) is 11.2. The van der Waals surface area contributed by atoms with Crippen LogP contribution in [0.3, 0.4) is 0 Å². The van der Waals surface area contributed by atoms with Crippen LogP contribution in [0.4, 0.5) is 0 Å². The van der Waals surface area contributed by atoms with E-state index in [0.29, 0.717) is 0 Å². The van der Waals surface area contributed by atoms with Crippen LogP contribution in [-0.2, 0) is 5.41 Å². The number of ether oxygens (including phenoxy) is 1. The van der Waals surface area contributed by atoms with Crippen molar-refractivity contribution in [2.24, 2.45) is 0 Å². The van der Waals surface area contributed by atoms with Crippen LogP contribution in [-0.4, -0.2) is 12.4 Å². The number of thioether (sulfide) groups is 1. The van der Waals surface area contributed by atoms with E-state index in [1.165, 1.54) is 22.6 Å². The van der Waals surface area contributed by atoms with Gasteiger partial charge in [-0.15, -0.1) is 11.8 Å². The number of fused-ring (bicyclic) bond motifs is 1. The Labute approximate surface area is 103 Å². The Balaban J connectivity index is 2.25. The van der Waals surface area contributed by atoms with Gasteiger partial charge in [-0.05, 0) is 41.7 Å². The van der Waals surface area contributed by atoms with Gasteiger partial charge in [0.05, 0.1) is 6.61 Å². The number of hydrogen-bond acceptors (Lipinski definition) is 2. The van der Waals surface area contributed by atoms with Crippen LogP contribution in [0.1, 0.15) is 39.2 Å². The predicted molar refractivity (Wildman–Crippen MR) is 70.6 cm³/mol. The fourth-order valence-electron chi connectivity index (χ4n) is 2.04. The third-order valence-electron chi connectivity index (χ3n) is 3.14. The molecule has 1 aliphatic rings. The second-order valence-electron chi connectivity index (χ2n) is 4.99. The average Bonchev–Trinajstić information content (AvgIpc) is 2.25. The van der Waals surface area contributed by atoms with E-state index in [1.807, 2.05) is 11.8 Å². The summed E-state index contributed by atoms with van der Waals surface area (Å²) in [5, 5.41) is 0.